The number of hydrogen-bond acceptors (Lipinski definition) is 3. The van der Waals surface area contributed by atoms with E-state index in [1.54, 1.807) is 29.2 Å². The second-order valence-electron chi connectivity index (χ2n) is 5.54. The van der Waals surface area contributed by atoms with Crippen LogP contribution in [-0.2, 0) is 4.79 Å². The summed E-state index contributed by atoms with van der Waals surface area (Å²) in [4.78, 5) is 16.4. The van der Waals surface area contributed by atoms with E-state index >= 15 is 0 Å². The van der Waals surface area contributed by atoms with Gasteiger partial charge in [-0.2, -0.15) is 5.10 Å². The van der Waals surface area contributed by atoms with Crippen LogP contribution in [0.25, 0.3) is 5.69 Å². The number of nitrogens with zero attached hydrogens (tertiary/aromatic N) is 3. The van der Waals surface area contributed by atoms with Crippen LogP contribution in [0.5, 0.6) is 0 Å². The van der Waals surface area contributed by atoms with Gasteiger partial charge in [0.15, 0.2) is 0 Å². The molecule has 0 radical (unpaired) electrons. The molecular weight excluding hydrogens is 324 g/mol. The van der Waals surface area contributed by atoms with Crippen molar-refractivity contribution < 1.29 is 4.79 Å². The average Bonchev–Trinajstić information content (AvgIpc) is 3.09. The lowest BCUT2D eigenvalue weighted by Crippen LogP contribution is -2.16. The van der Waals surface area contributed by atoms with Crippen LogP contribution in [0.3, 0.4) is 0 Å². The van der Waals surface area contributed by atoms with Crippen molar-refractivity contribution in [3.05, 3.63) is 71.8 Å². The number of para-hydroxylation sites is 1. The molecule has 1 heterocycles. The molecule has 0 saturated heterocycles. The number of anilines is 1. The van der Waals surface area contributed by atoms with E-state index in [1.807, 2.05) is 37.3 Å². The highest BCUT2D eigenvalue weighted by Crippen LogP contribution is 2.28. The first-order valence-electron chi connectivity index (χ1n) is 7.63. The standard InChI is InChI=1S/C18H17ClN4O/c1-13(14-6-3-2-4-7-14)10-17(24)22-16-9-5-8-15(19)18(16)23-12-20-11-21-23/h2-9,11-13H,10H2,1H3,(H,22,24). The first-order chi connectivity index (χ1) is 11.6. The zero-order valence-electron chi connectivity index (χ0n) is 13.2. The molecule has 122 valence electrons. The van der Waals surface area contributed by atoms with Crippen molar-refractivity contribution in [3.8, 4) is 5.69 Å². The van der Waals surface area contributed by atoms with Crippen LogP contribution < -0.4 is 5.32 Å². The normalized spacial score (nSPS) is 11.9. The molecule has 0 bridgehead atoms. The van der Waals surface area contributed by atoms with Gasteiger partial charge in [-0.05, 0) is 23.6 Å². The van der Waals surface area contributed by atoms with E-state index in [0.29, 0.717) is 22.8 Å². The number of aromatic nitrogens is 3. The van der Waals surface area contributed by atoms with Crippen molar-refractivity contribution in [2.24, 2.45) is 0 Å². The van der Waals surface area contributed by atoms with E-state index in [-0.39, 0.29) is 11.8 Å². The van der Waals surface area contributed by atoms with Crippen molar-refractivity contribution in [2.75, 3.05) is 5.32 Å². The van der Waals surface area contributed by atoms with Crippen LogP contribution in [0, 0.1) is 0 Å². The van der Waals surface area contributed by atoms with Crippen LogP contribution in [0.2, 0.25) is 5.02 Å². The molecule has 0 fully saturated rings. The van der Waals surface area contributed by atoms with Crippen LogP contribution in [0.4, 0.5) is 5.69 Å². The Morgan fingerprint density at radius 2 is 2.00 bits per heavy atom. The van der Waals surface area contributed by atoms with Crippen LogP contribution in [-0.4, -0.2) is 20.7 Å². The molecule has 1 aromatic heterocycles. The molecule has 0 aliphatic rings. The lowest BCUT2D eigenvalue weighted by molar-refractivity contribution is -0.116. The van der Waals surface area contributed by atoms with Gasteiger partial charge in [-0.1, -0.05) is 54.9 Å². The summed E-state index contributed by atoms with van der Waals surface area (Å²) >= 11 is 6.27. The molecule has 1 unspecified atom stereocenters. The maximum absolute atomic E-state index is 12.4. The summed E-state index contributed by atoms with van der Waals surface area (Å²) in [6.45, 7) is 2.03. The van der Waals surface area contributed by atoms with E-state index in [0.717, 1.165) is 5.56 Å². The third kappa shape index (κ3) is 3.63. The first-order valence-corrected chi connectivity index (χ1v) is 8.01. The summed E-state index contributed by atoms with van der Waals surface area (Å²) in [7, 11) is 0. The molecule has 0 aliphatic heterocycles. The molecule has 2 aromatic carbocycles. The SMILES string of the molecule is CC(CC(=O)Nc1cccc(Cl)c1-n1cncn1)c1ccccc1. The number of benzene rings is 2. The Balaban J connectivity index is 1.77. The Morgan fingerprint density at radius 1 is 1.21 bits per heavy atom. The number of carbonyl (C=O) groups excluding carboxylic acids is 1. The van der Waals surface area contributed by atoms with E-state index in [1.165, 1.54) is 6.33 Å². The van der Waals surface area contributed by atoms with Gasteiger partial charge < -0.3 is 5.32 Å². The molecule has 6 heteroatoms. The van der Waals surface area contributed by atoms with Crippen LogP contribution in [0.15, 0.2) is 61.2 Å². The minimum Gasteiger partial charge on any atom is -0.324 e. The number of amides is 1. The molecule has 1 amide bonds. The fourth-order valence-corrected chi connectivity index (χ4v) is 2.81. The zero-order chi connectivity index (χ0) is 16.9. The Morgan fingerprint density at radius 3 is 2.71 bits per heavy atom. The third-order valence-corrected chi connectivity index (χ3v) is 4.07. The molecule has 3 rings (SSSR count). The minimum atomic E-state index is -0.0741. The molecule has 3 aromatic rings. The van der Waals surface area contributed by atoms with Crippen LogP contribution >= 0.6 is 11.6 Å². The lowest BCUT2D eigenvalue weighted by Gasteiger charge is -2.15. The monoisotopic (exact) mass is 340 g/mol. The maximum atomic E-state index is 12.4. The molecule has 5 nitrogen and oxygen atoms in total. The highest BCUT2D eigenvalue weighted by Gasteiger charge is 2.15. The van der Waals surface area contributed by atoms with Gasteiger partial charge >= 0.3 is 0 Å². The minimum absolute atomic E-state index is 0.0741. The Hall–Kier alpha value is -2.66. The fourth-order valence-electron chi connectivity index (χ4n) is 2.55. The van der Waals surface area contributed by atoms with Gasteiger partial charge in [0.2, 0.25) is 5.91 Å². The van der Waals surface area contributed by atoms with E-state index in [4.69, 9.17) is 11.6 Å². The van der Waals surface area contributed by atoms with Crippen molar-refractivity contribution in [2.45, 2.75) is 19.3 Å². The van der Waals surface area contributed by atoms with Gasteiger partial charge in [-0.25, -0.2) is 9.67 Å². The molecule has 1 atom stereocenters. The first kappa shape index (κ1) is 16.2. The van der Waals surface area contributed by atoms with Gasteiger partial charge in [0.05, 0.1) is 10.7 Å². The van der Waals surface area contributed by atoms with Crippen molar-refractivity contribution in [1.29, 1.82) is 0 Å². The Bertz CT molecular complexity index is 818. The third-order valence-electron chi connectivity index (χ3n) is 3.77. The number of carbonyl (C=O) groups is 1. The number of rotatable bonds is 5. The predicted molar refractivity (Wildman–Crippen MR) is 94.5 cm³/mol. The lowest BCUT2D eigenvalue weighted by atomic mass is 9.97. The number of nitrogens with one attached hydrogen (secondary N) is 1. The summed E-state index contributed by atoms with van der Waals surface area (Å²) in [5.41, 5.74) is 2.35. The predicted octanol–water partition coefficient (Wildman–Crippen LogP) is 4.05. The quantitative estimate of drug-likeness (QED) is 0.762. The van der Waals surface area contributed by atoms with Crippen molar-refractivity contribution in [3.63, 3.8) is 0 Å². The topological polar surface area (TPSA) is 59.8 Å². The van der Waals surface area contributed by atoms with Crippen molar-refractivity contribution in [1.82, 2.24) is 14.8 Å². The van der Waals surface area contributed by atoms with Gasteiger partial charge in [0, 0.05) is 6.42 Å². The smallest absolute Gasteiger partial charge is 0.225 e. The van der Waals surface area contributed by atoms with Gasteiger partial charge in [0.1, 0.15) is 18.3 Å². The van der Waals surface area contributed by atoms with E-state index in [9.17, 15) is 4.79 Å². The number of hydrogen-bond donors (Lipinski definition) is 1. The molecule has 0 saturated carbocycles. The van der Waals surface area contributed by atoms with Gasteiger partial charge in [0.25, 0.3) is 0 Å². The second-order valence-corrected chi connectivity index (χ2v) is 5.95. The maximum Gasteiger partial charge on any atom is 0.225 e. The number of halogens is 1. The summed E-state index contributed by atoms with van der Waals surface area (Å²) in [6, 6.07) is 15.3. The highest BCUT2D eigenvalue weighted by atomic mass is 35.5. The Labute approximate surface area is 145 Å². The highest BCUT2D eigenvalue weighted by molar-refractivity contribution is 6.33. The van der Waals surface area contributed by atoms with E-state index in [2.05, 4.69) is 15.4 Å². The van der Waals surface area contributed by atoms with Gasteiger partial charge in [-0.15, -0.1) is 0 Å². The zero-order valence-corrected chi connectivity index (χ0v) is 13.9. The molecule has 1 N–H and O–H groups in total. The van der Waals surface area contributed by atoms with Gasteiger partial charge in [-0.3, -0.25) is 4.79 Å². The molecule has 24 heavy (non-hydrogen) atoms. The molecule has 0 aliphatic carbocycles. The molecular formula is C18H17ClN4O. The fraction of sp³-hybridized carbons (Fsp3) is 0.167. The summed E-state index contributed by atoms with van der Waals surface area (Å²) in [5, 5.41) is 7.52. The summed E-state index contributed by atoms with van der Waals surface area (Å²) < 4.78 is 1.54. The largest absolute Gasteiger partial charge is 0.324 e. The summed E-state index contributed by atoms with van der Waals surface area (Å²) in [5.74, 6) is 0.0511. The van der Waals surface area contributed by atoms with Crippen LogP contribution in [0.1, 0.15) is 24.8 Å². The summed E-state index contributed by atoms with van der Waals surface area (Å²) in [6.07, 6.45) is 3.35. The van der Waals surface area contributed by atoms with E-state index < -0.39 is 0 Å². The Kier molecular flexibility index (Phi) is 4.91. The van der Waals surface area contributed by atoms with Crippen molar-refractivity contribution >= 4 is 23.2 Å². The second kappa shape index (κ2) is 7.27. The average molecular weight is 341 g/mol. The molecule has 0 spiro atoms.